The molecule has 0 radical (unpaired) electrons. The Morgan fingerprint density at radius 1 is 1.15 bits per heavy atom. The fraction of sp³-hybridized carbons (Fsp3) is 0.167. The molecule has 0 unspecified atom stereocenters. The second kappa shape index (κ2) is 8.01. The van der Waals surface area contributed by atoms with E-state index < -0.39 is 23.4 Å². The van der Waals surface area contributed by atoms with E-state index >= 15 is 0 Å². The highest BCUT2D eigenvalue weighted by Crippen LogP contribution is 2.28. The predicted molar refractivity (Wildman–Crippen MR) is 92.0 cm³/mol. The number of halogens is 2. The minimum atomic E-state index is -1.03. The highest BCUT2D eigenvalue weighted by molar-refractivity contribution is 7.05. The molecule has 1 aromatic heterocycles. The molecule has 2 aromatic carbocycles. The van der Waals surface area contributed by atoms with Crippen molar-refractivity contribution >= 4 is 17.5 Å². The van der Waals surface area contributed by atoms with E-state index in [0.29, 0.717) is 10.6 Å². The maximum atomic E-state index is 14.1. The summed E-state index contributed by atoms with van der Waals surface area (Å²) in [6.07, 6.45) is -0.160. The summed E-state index contributed by atoms with van der Waals surface area (Å²) < 4.78 is 37.5. The van der Waals surface area contributed by atoms with Gasteiger partial charge in [-0.25, -0.2) is 8.78 Å². The van der Waals surface area contributed by atoms with E-state index in [1.807, 2.05) is 30.3 Å². The lowest BCUT2D eigenvalue weighted by Crippen LogP contribution is -2.03. The molecule has 1 heterocycles. The number of aromatic nitrogens is 2. The largest absolute Gasteiger partial charge is 0.482 e. The summed E-state index contributed by atoms with van der Waals surface area (Å²) in [4.78, 5) is 11.2. The van der Waals surface area contributed by atoms with Crippen molar-refractivity contribution in [3.8, 4) is 17.0 Å². The van der Waals surface area contributed by atoms with Gasteiger partial charge >= 0.3 is 5.97 Å². The second-order valence-electron chi connectivity index (χ2n) is 5.48. The van der Waals surface area contributed by atoms with E-state index in [1.54, 1.807) is 0 Å². The standard InChI is InChI=1S/C18H14F2N2O3S/c19-13-8-11(6-7-16(23)24)9-14(20)18(13)25-10-15-17(21-22-26-15)12-4-2-1-3-5-12/h1-5,8-9H,6-7,10H2,(H,23,24). The van der Waals surface area contributed by atoms with Crippen LogP contribution in [0.1, 0.15) is 16.9 Å². The molecule has 0 spiro atoms. The first-order chi connectivity index (χ1) is 12.5. The van der Waals surface area contributed by atoms with E-state index in [2.05, 4.69) is 9.59 Å². The first-order valence-corrected chi connectivity index (χ1v) is 8.51. The molecular formula is C18H14F2N2O3S. The minimum Gasteiger partial charge on any atom is -0.482 e. The van der Waals surface area contributed by atoms with Gasteiger partial charge in [-0.1, -0.05) is 34.8 Å². The highest BCUT2D eigenvalue weighted by atomic mass is 32.1. The summed E-state index contributed by atoms with van der Waals surface area (Å²) in [7, 11) is 0. The summed E-state index contributed by atoms with van der Waals surface area (Å²) in [6, 6.07) is 11.5. The summed E-state index contributed by atoms with van der Waals surface area (Å²) in [5.41, 5.74) is 1.71. The Balaban J connectivity index is 1.75. The van der Waals surface area contributed by atoms with Crippen LogP contribution in [-0.2, 0) is 17.8 Å². The number of nitrogens with zero attached hydrogens (tertiary/aromatic N) is 2. The van der Waals surface area contributed by atoms with Crippen molar-refractivity contribution in [1.29, 1.82) is 0 Å². The number of ether oxygens (including phenoxy) is 1. The third kappa shape index (κ3) is 4.20. The molecule has 0 aliphatic heterocycles. The van der Waals surface area contributed by atoms with Crippen molar-refractivity contribution in [3.63, 3.8) is 0 Å². The van der Waals surface area contributed by atoms with Crippen LogP contribution in [0.25, 0.3) is 11.3 Å². The third-order valence-corrected chi connectivity index (χ3v) is 4.33. The van der Waals surface area contributed by atoms with E-state index in [0.717, 1.165) is 29.2 Å². The van der Waals surface area contributed by atoms with E-state index in [-0.39, 0.29) is 25.0 Å². The van der Waals surface area contributed by atoms with Gasteiger partial charge < -0.3 is 9.84 Å². The topological polar surface area (TPSA) is 72.3 Å². The third-order valence-electron chi connectivity index (χ3n) is 3.64. The summed E-state index contributed by atoms with van der Waals surface area (Å²) in [6.45, 7) is -0.0792. The molecule has 0 bridgehead atoms. The molecule has 0 saturated carbocycles. The lowest BCUT2D eigenvalue weighted by atomic mass is 10.1. The maximum absolute atomic E-state index is 14.1. The van der Waals surface area contributed by atoms with Crippen LogP contribution >= 0.6 is 11.5 Å². The number of benzene rings is 2. The predicted octanol–water partition coefficient (Wildman–Crippen LogP) is 4.08. The van der Waals surface area contributed by atoms with Gasteiger partial charge in [0, 0.05) is 12.0 Å². The number of aliphatic carboxylic acids is 1. The molecular weight excluding hydrogens is 362 g/mol. The monoisotopic (exact) mass is 376 g/mol. The van der Waals surface area contributed by atoms with E-state index in [4.69, 9.17) is 9.84 Å². The smallest absolute Gasteiger partial charge is 0.303 e. The van der Waals surface area contributed by atoms with Crippen LogP contribution in [0.15, 0.2) is 42.5 Å². The van der Waals surface area contributed by atoms with Gasteiger partial charge in [-0.05, 0) is 35.6 Å². The van der Waals surface area contributed by atoms with Crippen LogP contribution in [0, 0.1) is 11.6 Å². The van der Waals surface area contributed by atoms with E-state index in [9.17, 15) is 13.6 Å². The molecule has 0 aliphatic rings. The van der Waals surface area contributed by atoms with Crippen molar-refractivity contribution in [1.82, 2.24) is 9.59 Å². The quantitative estimate of drug-likeness (QED) is 0.673. The molecule has 5 nitrogen and oxygen atoms in total. The Morgan fingerprint density at radius 3 is 2.50 bits per heavy atom. The second-order valence-corrected chi connectivity index (χ2v) is 6.32. The van der Waals surface area contributed by atoms with Crippen LogP contribution in [-0.4, -0.2) is 20.7 Å². The normalized spacial score (nSPS) is 10.7. The average Bonchev–Trinajstić information content (AvgIpc) is 3.08. The van der Waals surface area contributed by atoms with Crippen LogP contribution in [0.5, 0.6) is 5.75 Å². The molecule has 26 heavy (non-hydrogen) atoms. The van der Waals surface area contributed by atoms with Gasteiger partial charge in [-0.3, -0.25) is 4.79 Å². The van der Waals surface area contributed by atoms with Crippen molar-refractivity contribution in [3.05, 3.63) is 64.5 Å². The Labute approximate surface area is 152 Å². The molecule has 0 saturated heterocycles. The number of rotatable bonds is 7. The zero-order valence-electron chi connectivity index (χ0n) is 13.5. The molecule has 8 heteroatoms. The number of carboxylic acids is 1. The lowest BCUT2D eigenvalue weighted by Gasteiger charge is -2.10. The van der Waals surface area contributed by atoms with Crippen LogP contribution in [0.4, 0.5) is 8.78 Å². The van der Waals surface area contributed by atoms with E-state index in [1.165, 1.54) is 0 Å². The van der Waals surface area contributed by atoms with Crippen LogP contribution in [0.3, 0.4) is 0 Å². The Bertz CT molecular complexity index is 893. The Kier molecular flexibility index (Phi) is 5.52. The summed E-state index contributed by atoms with van der Waals surface area (Å²) in [5, 5.41) is 12.7. The van der Waals surface area contributed by atoms with Crippen molar-refractivity contribution in [2.45, 2.75) is 19.4 Å². The number of aryl methyl sites for hydroxylation is 1. The molecule has 0 aliphatic carbocycles. The Morgan fingerprint density at radius 2 is 1.85 bits per heavy atom. The zero-order valence-corrected chi connectivity index (χ0v) is 14.3. The molecule has 1 N–H and O–H groups in total. The zero-order chi connectivity index (χ0) is 18.5. The first kappa shape index (κ1) is 17.9. The molecule has 0 fully saturated rings. The number of hydrogen-bond donors (Lipinski definition) is 1. The van der Waals surface area contributed by atoms with Crippen LogP contribution in [0.2, 0.25) is 0 Å². The molecule has 3 rings (SSSR count). The minimum absolute atomic E-state index is 0.0420. The van der Waals surface area contributed by atoms with Gasteiger partial charge in [0.15, 0.2) is 17.4 Å². The van der Waals surface area contributed by atoms with Gasteiger partial charge in [0.2, 0.25) is 0 Å². The highest BCUT2D eigenvalue weighted by Gasteiger charge is 2.16. The van der Waals surface area contributed by atoms with Crippen molar-refractivity contribution in [2.75, 3.05) is 0 Å². The lowest BCUT2D eigenvalue weighted by molar-refractivity contribution is -0.136. The number of carboxylic acid groups (broad SMARTS) is 1. The fourth-order valence-electron chi connectivity index (χ4n) is 2.40. The molecule has 0 atom stereocenters. The number of carbonyl (C=O) groups is 1. The van der Waals surface area contributed by atoms with Gasteiger partial charge in [0.25, 0.3) is 0 Å². The average molecular weight is 376 g/mol. The SMILES string of the molecule is O=C(O)CCc1cc(F)c(OCc2snnc2-c2ccccc2)c(F)c1. The van der Waals surface area contributed by atoms with Crippen LogP contribution < -0.4 is 4.74 Å². The molecule has 134 valence electrons. The summed E-state index contributed by atoms with van der Waals surface area (Å²) >= 11 is 1.09. The summed E-state index contributed by atoms with van der Waals surface area (Å²) in [5.74, 6) is -3.28. The first-order valence-electron chi connectivity index (χ1n) is 7.73. The Hall–Kier alpha value is -2.87. The molecule has 0 amide bonds. The fourth-order valence-corrected chi connectivity index (χ4v) is 2.98. The van der Waals surface area contributed by atoms with Crippen molar-refractivity contribution < 1.29 is 23.4 Å². The maximum Gasteiger partial charge on any atom is 0.303 e. The molecule has 3 aromatic rings. The van der Waals surface area contributed by atoms with Gasteiger partial charge in [0.1, 0.15) is 12.3 Å². The van der Waals surface area contributed by atoms with Gasteiger partial charge in [0.05, 0.1) is 4.88 Å². The van der Waals surface area contributed by atoms with Gasteiger partial charge in [-0.2, -0.15) is 0 Å². The number of hydrogen-bond acceptors (Lipinski definition) is 5. The van der Waals surface area contributed by atoms with Crippen molar-refractivity contribution in [2.24, 2.45) is 0 Å². The van der Waals surface area contributed by atoms with Gasteiger partial charge in [-0.15, -0.1) is 5.10 Å².